The van der Waals surface area contributed by atoms with Crippen LogP contribution < -0.4 is 0 Å². The van der Waals surface area contributed by atoms with Crippen LogP contribution in [0.1, 0.15) is 9.75 Å². The highest BCUT2D eigenvalue weighted by atomic mass is 79.9. The van der Waals surface area contributed by atoms with Crippen molar-refractivity contribution in [2.75, 3.05) is 0 Å². The minimum Gasteiger partial charge on any atom is -0.290 e. The summed E-state index contributed by atoms with van der Waals surface area (Å²) in [6.45, 7) is 0. The summed E-state index contributed by atoms with van der Waals surface area (Å²) in [7, 11) is -3.34. The molecule has 0 saturated heterocycles. The van der Waals surface area contributed by atoms with Crippen LogP contribution in [0.2, 0.25) is 0 Å². The molecule has 0 amide bonds. The predicted molar refractivity (Wildman–Crippen MR) is 150 cm³/mol. The predicted octanol–water partition coefficient (Wildman–Crippen LogP) is 7.13. The second-order valence-corrected chi connectivity index (χ2v) is 14.2. The smallest absolute Gasteiger partial charge is 0.160 e. The second-order valence-electron chi connectivity index (χ2n) is 8.01. The van der Waals surface area contributed by atoms with Crippen LogP contribution in [-0.4, -0.2) is 27.5 Å². The Morgan fingerprint density at radius 3 is 1.60 bits per heavy atom. The Morgan fingerprint density at radius 1 is 0.686 bits per heavy atom. The van der Waals surface area contributed by atoms with E-state index in [1.807, 2.05) is 69.8 Å². The molecule has 0 aliphatic heterocycles. The summed E-state index contributed by atoms with van der Waals surface area (Å²) >= 11 is 9.88. The number of hydrogen-bond acceptors (Lipinski definition) is 6. The number of thiophene rings is 2. The third kappa shape index (κ3) is 4.63. The normalized spacial score (nSPS) is 12.2. The van der Waals surface area contributed by atoms with Crippen molar-refractivity contribution in [1.82, 2.24) is 19.1 Å². The molecule has 0 radical (unpaired) electrons. The Balaban J connectivity index is 1.20. The molecule has 11 heteroatoms. The first-order chi connectivity index (χ1) is 16.8. The maximum atomic E-state index is 13.0. The van der Waals surface area contributed by atoms with E-state index in [0.717, 1.165) is 50.8 Å². The molecule has 6 aromatic rings. The molecule has 0 aliphatic carbocycles. The van der Waals surface area contributed by atoms with E-state index in [9.17, 15) is 8.42 Å². The maximum Gasteiger partial charge on any atom is 0.160 e. The van der Waals surface area contributed by atoms with Gasteiger partial charge in [-0.2, -0.15) is 0 Å². The number of halogens is 2. The molecular formula is C24H16Br2N4O2S3. The van der Waals surface area contributed by atoms with E-state index in [2.05, 4.69) is 41.8 Å². The maximum absolute atomic E-state index is 13.0. The lowest BCUT2D eigenvalue weighted by molar-refractivity contribution is 0.595. The first kappa shape index (κ1) is 23.1. The molecule has 6 rings (SSSR count). The minimum absolute atomic E-state index is 0.00507. The molecule has 0 atom stereocenters. The standard InChI is InChI=1S/C24H16Br2N4O2S3/c25-15-1-5-21-19(9-15)27-13-29(21)23-7-3-17(33-23)11-35(31,32)12-18-4-8-24(34-18)30-14-28-20-10-16(26)2-6-22(20)30/h1-10,13-14H,11-12H2. The first-order valence-corrected chi connectivity index (χ1v) is 15.5. The Labute approximate surface area is 226 Å². The highest BCUT2D eigenvalue weighted by molar-refractivity contribution is 9.10. The summed E-state index contributed by atoms with van der Waals surface area (Å²) in [5, 5.41) is 1.88. The van der Waals surface area contributed by atoms with E-state index in [1.165, 1.54) is 22.7 Å². The molecule has 0 aliphatic rings. The lowest BCUT2D eigenvalue weighted by Crippen LogP contribution is -2.05. The molecular weight excluding hydrogens is 632 g/mol. The van der Waals surface area contributed by atoms with E-state index >= 15 is 0 Å². The third-order valence-corrected chi connectivity index (χ3v) is 10.5. The Hall–Kier alpha value is -2.31. The van der Waals surface area contributed by atoms with E-state index in [1.54, 1.807) is 12.7 Å². The summed E-state index contributed by atoms with van der Waals surface area (Å²) in [4.78, 5) is 10.5. The molecule has 0 spiro atoms. The van der Waals surface area contributed by atoms with Crippen LogP contribution in [-0.2, 0) is 21.3 Å². The number of fused-ring (bicyclic) bond motifs is 2. The zero-order valence-electron chi connectivity index (χ0n) is 17.9. The van der Waals surface area contributed by atoms with Crippen molar-refractivity contribution < 1.29 is 8.42 Å². The highest BCUT2D eigenvalue weighted by Crippen LogP contribution is 2.30. The van der Waals surface area contributed by atoms with Crippen LogP contribution in [0.25, 0.3) is 32.1 Å². The largest absolute Gasteiger partial charge is 0.290 e. The summed E-state index contributed by atoms with van der Waals surface area (Å²) in [5.74, 6) is 0.0101. The SMILES string of the molecule is O=S(=O)(Cc1ccc(-n2cnc3cc(Br)ccc32)s1)Cc1ccc(-n2cnc3cc(Br)ccc32)s1. The summed E-state index contributed by atoms with van der Waals surface area (Å²) < 4.78 is 32.0. The highest BCUT2D eigenvalue weighted by Gasteiger charge is 2.18. The van der Waals surface area contributed by atoms with Crippen molar-refractivity contribution in [3.8, 4) is 10.0 Å². The van der Waals surface area contributed by atoms with Gasteiger partial charge in [-0.25, -0.2) is 18.4 Å². The van der Waals surface area contributed by atoms with Gasteiger partial charge in [0.25, 0.3) is 0 Å². The molecule has 4 heterocycles. The quantitative estimate of drug-likeness (QED) is 0.193. The number of imidazole rings is 2. The number of rotatable bonds is 6. The molecule has 0 bridgehead atoms. The molecule has 0 N–H and O–H groups in total. The van der Waals surface area contributed by atoms with Crippen LogP contribution in [0.4, 0.5) is 0 Å². The molecule has 6 nitrogen and oxygen atoms in total. The van der Waals surface area contributed by atoms with Crippen LogP contribution in [0.15, 0.2) is 82.3 Å². The Bertz CT molecular complexity index is 1690. The van der Waals surface area contributed by atoms with Crippen molar-refractivity contribution in [3.63, 3.8) is 0 Å². The van der Waals surface area contributed by atoms with Crippen molar-refractivity contribution in [3.05, 3.63) is 92.0 Å². The number of aromatic nitrogens is 4. The van der Waals surface area contributed by atoms with Gasteiger partial charge in [0.15, 0.2) is 9.84 Å². The molecule has 4 aromatic heterocycles. The van der Waals surface area contributed by atoms with Gasteiger partial charge >= 0.3 is 0 Å². The van der Waals surface area contributed by atoms with Crippen molar-refractivity contribution in [2.45, 2.75) is 11.5 Å². The topological polar surface area (TPSA) is 69.8 Å². The van der Waals surface area contributed by atoms with Crippen molar-refractivity contribution in [1.29, 1.82) is 0 Å². The van der Waals surface area contributed by atoms with Gasteiger partial charge in [-0.15, -0.1) is 22.7 Å². The molecule has 35 heavy (non-hydrogen) atoms. The monoisotopic (exact) mass is 646 g/mol. The summed E-state index contributed by atoms with van der Waals surface area (Å²) in [6, 6.07) is 19.5. The first-order valence-electron chi connectivity index (χ1n) is 10.5. The average Bonchev–Trinajstić information content (AvgIpc) is 3.58. The number of nitrogens with zero attached hydrogens (tertiary/aromatic N) is 4. The molecule has 0 fully saturated rings. The molecule has 176 valence electrons. The second kappa shape index (κ2) is 8.97. The number of sulfone groups is 1. The summed E-state index contributed by atoms with van der Waals surface area (Å²) in [5.41, 5.74) is 3.73. The van der Waals surface area contributed by atoms with Gasteiger partial charge in [-0.1, -0.05) is 31.9 Å². The zero-order valence-corrected chi connectivity index (χ0v) is 23.5. The van der Waals surface area contributed by atoms with Gasteiger partial charge in [0.2, 0.25) is 0 Å². The molecule has 0 saturated carbocycles. The van der Waals surface area contributed by atoms with Crippen LogP contribution >= 0.6 is 54.5 Å². The van der Waals surface area contributed by atoms with E-state index < -0.39 is 9.84 Å². The van der Waals surface area contributed by atoms with Gasteiger partial charge < -0.3 is 0 Å². The summed E-state index contributed by atoms with van der Waals surface area (Å²) in [6.07, 6.45) is 3.54. The van der Waals surface area contributed by atoms with Crippen molar-refractivity contribution >= 4 is 86.4 Å². The number of hydrogen-bond donors (Lipinski definition) is 0. The van der Waals surface area contributed by atoms with E-state index in [4.69, 9.17) is 0 Å². The lowest BCUT2D eigenvalue weighted by Gasteiger charge is -2.02. The van der Waals surface area contributed by atoms with Crippen LogP contribution in [0.3, 0.4) is 0 Å². The van der Waals surface area contributed by atoms with E-state index in [-0.39, 0.29) is 11.5 Å². The fraction of sp³-hybridized carbons (Fsp3) is 0.0833. The van der Waals surface area contributed by atoms with Crippen LogP contribution in [0, 0.1) is 0 Å². The lowest BCUT2D eigenvalue weighted by atomic mass is 10.3. The van der Waals surface area contributed by atoms with Crippen LogP contribution in [0.5, 0.6) is 0 Å². The van der Waals surface area contributed by atoms with Gasteiger partial charge in [0.1, 0.15) is 22.7 Å². The van der Waals surface area contributed by atoms with Gasteiger partial charge in [-0.3, -0.25) is 9.13 Å². The third-order valence-electron chi connectivity index (χ3n) is 5.51. The number of benzene rings is 2. The molecule has 0 unspecified atom stereocenters. The zero-order chi connectivity index (χ0) is 24.2. The van der Waals surface area contributed by atoms with Gasteiger partial charge in [0, 0.05) is 18.7 Å². The van der Waals surface area contributed by atoms with E-state index in [0.29, 0.717) is 0 Å². The fourth-order valence-electron chi connectivity index (χ4n) is 3.95. The average molecular weight is 648 g/mol. The Kier molecular flexibility index (Phi) is 5.92. The van der Waals surface area contributed by atoms with Crippen molar-refractivity contribution in [2.24, 2.45) is 0 Å². The fourth-order valence-corrected chi connectivity index (χ4v) is 8.93. The molecule has 2 aromatic carbocycles. The Morgan fingerprint density at radius 2 is 1.14 bits per heavy atom. The van der Waals surface area contributed by atoms with Gasteiger partial charge in [0.05, 0.1) is 33.6 Å². The van der Waals surface area contributed by atoms with Gasteiger partial charge in [-0.05, 0) is 60.7 Å². The minimum atomic E-state index is -3.34.